The molecule has 1 aliphatic heterocycles. The third-order valence-electron chi connectivity index (χ3n) is 4.47. The number of hydrogen-bond donors (Lipinski definition) is 0. The molecule has 0 radical (unpaired) electrons. The summed E-state index contributed by atoms with van der Waals surface area (Å²) in [5.41, 5.74) is 1.36. The minimum absolute atomic E-state index is 0.0177. The summed E-state index contributed by atoms with van der Waals surface area (Å²) in [6.45, 7) is 5.03. The van der Waals surface area contributed by atoms with Gasteiger partial charge in [-0.3, -0.25) is 0 Å². The van der Waals surface area contributed by atoms with Crippen LogP contribution in [-0.4, -0.2) is 18.0 Å². The van der Waals surface area contributed by atoms with E-state index in [-0.39, 0.29) is 11.0 Å². The Morgan fingerprint density at radius 1 is 1.10 bits per heavy atom. The van der Waals surface area contributed by atoms with Crippen LogP contribution in [0.1, 0.15) is 51.5 Å². The fraction of sp³-hybridized carbons (Fsp3) is 0.588. The first-order valence-corrected chi connectivity index (χ1v) is 8.60. The summed E-state index contributed by atoms with van der Waals surface area (Å²) in [4.78, 5) is 4.92. The largest absolute Gasteiger partial charge is 0.478 e. The predicted octanol–water partition coefficient (Wildman–Crippen LogP) is 4.70. The first-order chi connectivity index (χ1) is 9.54. The van der Waals surface area contributed by atoms with Crippen LogP contribution in [0.15, 0.2) is 29.3 Å². The molecule has 1 fully saturated rings. The fourth-order valence-electron chi connectivity index (χ4n) is 3.43. The number of aliphatic imine (C=N–C) groups is 1. The zero-order valence-electron chi connectivity index (χ0n) is 12.3. The molecule has 2 nitrogen and oxygen atoms in total. The van der Waals surface area contributed by atoms with E-state index in [0.717, 1.165) is 5.90 Å². The Labute approximate surface area is 135 Å². The number of ether oxygens (including phenoxy) is 1. The molecule has 0 aromatic heterocycles. The van der Waals surface area contributed by atoms with Gasteiger partial charge in [0.05, 0.1) is 11.0 Å². The first-order valence-electron chi connectivity index (χ1n) is 7.52. The molecule has 108 valence electrons. The van der Waals surface area contributed by atoms with Gasteiger partial charge < -0.3 is 4.74 Å². The van der Waals surface area contributed by atoms with Crippen molar-refractivity contribution in [2.75, 3.05) is 6.61 Å². The highest BCUT2D eigenvalue weighted by molar-refractivity contribution is 14.1. The van der Waals surface area contributed by atoms with E-state index in [0.29, 0.717) is 6.61 Å². The number of hydrogen-bond acceptors (Lipinski definition) is 2. The maximum Gasteiger partial charge on any atom is 0.194 e. The molecule has 1 aromatic carbocycles. The molecule has 0 atom stereocenters. The summed E-state index contributed by atoms with van der Waals surface area (Å²) in [5, 5.41) is 0. The average molecular weight is 383 g/mol. The molecule has 1 heterocycles. The van der Waals surface area contributed by atoms with Gasteiger partial charge in [-0.25, -0.2) is 4.99 Å². The Hall–Kier alpha value is -0.580. The van der Waals surface area contributed by atoms with E-state index in [2.05, 4.69) is 60.7 Å². The Morgan fingerprint density at radius 2 is 1.80 bits per heavy atom. The Morgan fingerprint density at radius 3 is 2.40 bits per heavy atom. The highest BCUT2D eigenvalue weighted by Crippen LogP contribution is 2.44. The highest BCUT2D eigenvalue weighted by Gasteiger charge is 2.45. The van der Waals surface area contributed by atoms with Crippen LogP contribution < -0.4 is 0 Å². The van der Waals surface area contributed by atoms with Crippen molar-refractivity contribution in [3.05, 3.63) is 33.4 Å². The normalized spacial score (nSPS) is 24.1. The summed E-state index contributed by atoms with van der Waals surface area (Å²) in [5.74, 6) is 0.992. The van der Waals surface area contributed by atoms with Gasteiger partial charge in [-0.15, -0.1) is 0 Å². The number of halogens is 1. The van der Waals surface area contributed by atoms with E-state index in [9.17, 15) is 0 Å². The monoisotopic (exact) mass is 383 g/mol. The average Bonchev–Trinajstić information content (AvgIpc) is 2.81. The number of benzene rings is 1. The number of rotatable bonds is 2. The molecule has 0 spiro atoms. The minimum Gasteiger partial charge on any atom is -0.478 e. The maximum absolute atomic E-state index is 6.07. The molecule has 0 unspecified atom stereocenters. The molecule has 1 aromatic rings. The van der Waals surface area contributed by atoms with Crippen molar-refractivity contribution in [2.24, 2.45) is 4.99 Å². The Bertz CT molecular complexity index is 530. The van der Waals surface area contributed by atoms with Crippen LogP contribution in [-0.2, 0) is 10.2 Å². The van der Waals surface area contributed by atoms with Crippen molar-refractivity contribution in [2.45, 2.75) is 56.9 Å². The van der Waals surface area contributed by atoms with Crippen LogP contribution in [0.3, 0.4) is 0 Å². The third-order valence-corrected chi connectivity index (χ3v) is 5.41. The quantitative estimate of drug-likeness (QED) is 0.679. The van der Waals surface area contributed by atoms with Crippen molar-refractivity contribution in [3.8, 4) is 0 Å². The van der Waals surface area contributed by atoms with Crippen molar-refractivity contribution < 1.29 is 4.74 Å². The lowest BCUT2D eigenvalue weighted by Crippen LogP contribution is -2.39. The van der Waals surface area contributed by atoms with Gasteiger partial charge in [-0.1, -0.05) is 37.5 Å². The summed E-state index contributed by atoms with van der Waals surface area (Å²) >= 11 is 2.46. The Balaban J connectivity index is 2.08. The van der Waals surface area contributed by atoms with Gasteiger partial charge in [0.15, 0.2) is 5.90 Å². The second-order valence-corrected chi connectivity index (χ2v) is 7.80. The maximum atomic E-state index is 6.07. The molecule has 1 saturated carbocycles. The van der Waals surface area contributed by atoms with Gasteiger partial charge in [0.25, 0.3) is 0 Å². The van der Waals surface area contributed by atoms with Crippen molar-refractivity contribution >= 4 is 28.5 Å². The first kappa shape index (κ1) is 14.4. The van der Waals surface area contributed by atoms with Crippen molar-refractivity contribution in [1.82, 2.24) is 0 Å². The van der Waals surface area contributed by atoms with Crippen LogP contribution in [0, 0.1) is 3.57 Å². The summed E-state index contributed by atoms with van der Waals surface area (Å²) < 4.78 is 7.40. The third kappa shape index (κ3) is 2.49. The van der Waals surface area contributed by atoms with Gasteiger partial charge >= 0.3 is 0 Å². The van der Waals surface area contributed by atoms with E-state index < -0.39 is 0 Å². The second kappa shape index (κ2) is 5.32. The second-order valence-electron chi connectivity index (χ2n) is 6.64. The molecule has 0 bridgehead atoms. The van der Waals surface area contributed by atoms with Crippen molar-refractivity contribution in [1.29, 1.82) is 0 Å². The van der Waals surface area contributed by atoms with E-state index in [1.807, 2.05) is 0 Å². The summed E-state index contributed by atoms with van der Waals surface area (Å²) in [6, 6.07) is 8.73. The molecule has 2 aliphatic rings. The van der Waals surface area contributed by atoms with E-state index in [4.69, 9.17) is 9.73 Å². The van der Waals surface area contributed by atoms with Crippen LogP contribution in [0.5, 0.6) is 0 Å². The lowest BCUT2D eigenvalue weighted by atomic mass is 9.69. The molecule has 3 heteroatoms. The SMILES string of the molecule is CC1(C)COC(C2(c3ccccc3I)CCCCC2)=N1. The van der Waals surface area contributed by atoms with Crippen LogP contribution in [0.2, 0.25) is 0 Å². The standard InChI is InChI=1S/C17H22INO/c1-16(2)12-20-15(19-16)17(10-6-3-7-11-17)13-8-4-5-9-14(13)18/h4-5,8-9H,3,6-7,10-12H2,1-2H3. The van der Waals surface area contributed by atoms with E-state index in [1.54, 1.807) is 0 Å². The summed E-state index contributed by atoms with van der Waals surface area (Å²) in [7, 11) is 0. The molecule has 20 heavy (non-hydrogen) atoms. The molecule has 0 saturated heterocycles. The lowest BCUT2D eigenvalue weighted by Gasteiger charge is -2.37. The van der Waals surface area contributed by atoms with Crippen LogP contribution in [0.25, 0.3) is 0 Å². The van der Waals surface area contributed by atoms with Gasteiger partial charge in [0.1, 0.15) is 6.61 Å². The van der Waals surface area contributed by atoms with E-state index in [1.165, 1.54) is 41.2 Å². The lowest BCUT2D eigenvalue weighted by molar-refractivity contribution is 0.241. The van der Waals surface area contributed by atoms with Crippen molar-refractivity contribution in [3.63, 3.8) is 0 Å². The van der Waals surface area contributed by atoms with E-state index >= 15 is 0 Å². The topological polar surface area (TPSA) is 21.6 Å². The zero-order valence-corrected chi connectivity index (χ0v) is 14.4. The molecule has 3 rings (SSSR count). The highest BCUT2D eigenvalue weighted by atomic mass is 127. The number of nitrogens with zero attached hydrogens (tertiary/aromatic N) is 1. The van der Waals surface area contributed by atoms with Crippen LogP contribution >= 0.6 is 22.6 Å². The molecule has 0 amide bonds. The van der Waals surface area contributed by atoms with Gasteiger partial charge in [0, 0.05) is 3.57 Å². The summed E-state index contributed by atoms with van der Waals surface area (Å²) in [6.07, 6.45) is 6.22. The van der Waals surface area contributed by atoms with Gasteiger partial charge in [-0.05, 0) is 60.9 Å². The molecule has 0 N–H and O–H groups in total. The minimum atomic E-state index is -0.0694. The fourth-order valence-corrected chi connectivity index (χ4v) is 4.34. The molecular formula is C17H22INO. The van der Waals surface area contributed by atoms with Gasteiger partial charge in [-0.2, -0.15) is 0 Å². The zero-order chi connectivity index (χ0) is 14.2. The van der Waals surface area contributed by atoms with Gasteiger partial charge in [0.2, 0.25) is 0 Å². The smallest absolute Gasteiger partial charge is 0.194 e. The predicted molar refractivity (Wildman–Crippen MR) is 91.4 cm³/mol. The molecule has 1 aliphatic carbocycles. The molecular weight excluding hydrogens is 361 g/mol. The van der Waals surface area contributed by atoms with Crippen LogP contribution in [0.4, 0.5) is 0 Å². The Kier molecular flexibility index (Phi) is 3.82.